The maximum absolute atomic E-state index is 10.8. The highest BCUT2D eigenvalue weighted by atomic mass is 35.5. The van der Waals surface area contributed by atoms with E-state index >= 15 is 0 Å². The molecule has 7 heteroatoms. The van der Waals surface area contributed by atoms with Gasteiger partial charge >= 0.3 is 6.01 Å². The number of carbonyl (C=O) groups excluding carboxylic acids is 1. The lowest BCUT2D eigenvalue weighted by Gasteiger charge is -2.29. The summed E-state index contributed by atoms with van der Waals surface area (Å²) in [6.45, 7) is 1.61. The highest BCUT2D eigenvalue weighted by Crippen LogP contribution is 2.24. The first-order valence-electron chi connectivity index (χ1n) is 5.60. The quantitative estimate of drug-likeness (QED) is 0.811. The van der Waals surface area contributed by atoms with Gasteiger partial charge in [0, 0.05) is 19.5 Å². The van der Waals surface area contributed by atoms with Gasteiger partial charge < -0.3 is 15.1 Å². The van der Waals surface area contributed by atoms with Crippen LogP contribution in [0, 0.1) is 5.92 Å². The number of hydrogen-bond donors (Lipinski definition) is 1. The maximum atomic E-state index is 10.8. The molecule has 0 radical (unpaired) electrons. The van der Waals surface area contributed by atoms with Crippen molar-refractivity contribution in [3.05, 3.63) is 5.89 Å². The summed E-state index contributed by atoms with van der Waals surface area (Å²) in [5.41, 5.74) is 5.18. The van der Waals surface area contributed by atoms with Gasteiger partial charge in [-0.1, -0.05) is 5.10 Å². The fraction of sp³-hybridized carbons (Fsp3) is 0.700. The van der Waals surface area contributed by atoms with Gasteiger partial charge in [0.05, 0.1) is 0 Å². The lowest BCUT2D eigenvalue weighted by atomic mass is 9.93. The molecule has 0 unspecified atom stereocenters. The highest BCUT2D eigenvalue weighted by Gasteiger charge is 2.23. The van der Waals surface area contributed by atoms with E-state index in [1.54, 1.807) is 0 Å². The van der Waals surface area contributed by atoms with Crippen molar-refractivity contribution >= 4 is 23.5 Å². The number of nitrogens with zero attached hydrogens (tertiary/aromatic N) is 3. The molecule has 1 fully saturated rings. The molecule has 0 atom stereocenters. The second-order valence-corrected chi connectivity index (χ2v) is 4.48. The number of aromatic nitrogens is 2. The van der Waals surface area contributed by atoms with Crippen molar-refractivity contribution in [1.29, 1.82) is 0 Å². The fourth-order valence-corrected chi connectivity index (χ4v) is 2.15. The van der Waals surface area contributed by atoms with Gasteiger partial charge in [-0.25, -0.2) is 0 Å². The van der Waals surface area contributed by atoms with Crippen molar-refractivity contribution in [3.63, 3.8) is 0 Å². The molecule has 17 heavy (non-hydrogen) atoms. The zero-order valence-corrected chi connectivity index (χ0v) is 10.2. The van der Waals surface area contributed by atoms with Gasteiger partial charge in [0.1, 0.15) is 5.88 Å². The number of anilines is 1. The number of halogens is 1. The van der Waals surface area contributed by atoms with E-state index in [4.69, 9.17) is 21.8 Å². The Hall–Kier alpha value is -1.30. The second kappa shape index (κ2) is 5.35. The molecule has 1 aliphatic heterocycles. The SMILES string of the molecule is NC(=O)CC1CCN(c2nnc(CCl)o2)CC1. The van der Waals surface area contributed by atoms with E-state index in [0.717, 1.165) is 25.9 Å². The third kappa shape index (κ3) is 3.09. The molecule has 1 amide bonds. The van der Waals surface area contributed by atoms with E-state index in [0.29, 0.717) is 24.2 Å². The van der Waals surface area contributed by atoms with Crippen LogP contribution in [-0.4, -0.2) is 29.2 Å². The van der Waals surface area contributed by atoms with Gasteiger partial charge in [0.15, 0.2) is 0 Å². The van der Waals surface area contributed by atoms with Crippen molar-refractivity contribution in [3.8, 4) is 0 Å². The summed E-state index contributed by atoms with van der Waals surface area (Å²) in [4.78, 5) is 12.8. The van der Waals surface area contributed by atoms with Crippen LogP contribution in [0.5, 0.6) is 0 Å². The minimum absolute atomic E-state index is 0.227. The first-order valence-corrected chi connectivity index (χ1v) is 6.14. The predicted molar refractivity (Wildman–Crippen MR) is 62.6 cm³/mol. The third-order valence-corrected chi connectivity index (χ3v) is 3.17. The molecule has 1 aromatic rings. The number of hydrogen-bond acceptors (Lipinski definition) is 5. The minimum Gasteiger partial charge on any atom is -0.407 e. The molecule has 2 heterocycles. The molecule has 0 saturated carbocycles. The van der Waals surface area contributed by atoms with Crippen LogP contribution in [0.15, 0.2) is 4.42 Å². The van der Waals surface area contributed by atoms with E-state index in [2.05, 4.69) is 10.2 Å². The van der Waals surface area contributed by atoms with Gasteiger partial charge in [-0.15, -0.1) is 16.7 Å². The molecule has 2 N–H and O–H groups in total. The number of alkyl halides is 1. The second-order valence-electron chi connectivity index (χ2n) is 4.21. The smallest absolute Gasteiger partial charge is 0.318 e. The van der Waals surface area contributed by atoms with Gasteiger partial charge in [-0.2, -0.15) is 0 Å². The first kappa shape index (κ1) is 12.2. The van der Waals surface area contributed by atoms with Gasteiger partial charge in [-0.05, 0) is 18.8 Å². The minimum atomic E-state index is -0.231. The Morgan fingerprint density at radius 2 is 2.18 bits per heavy atom. The molecule has 94 valence electrons. The van der Waals surface area contributed by atoms with Crippen LogP contribution in [0.4, 0.5) is 6.01 Å². The van der Waals surface area contributed by atoms with E-state index < -0.39 is 0 Å². The highest BCUT2D eigenvalue weighted by molar-refractivity contribution is 6.16. The van der Waals surface area contributed by atoms with Crippen LogP contribution in [0.3, 0.4) is 0 Å². The molecule has 6 nitrogen and oxygen atoms in total. The summed E-state index contributed by atoms with van der Waals surface area (Å²) in [7, 11) is 0. The molecule has 1 saturated heterocycles. The van der Waals surface area contributed by atoms with Gasteiger partial charge in [0.2, 0.25) is 11.8 Å². The van der Waals surface area contributed by atoms with E-state index in [1.165, 1.54) is 0 Å². The monoisotopic (exact) mass is 258 g/mol. The number of primary amides is 1. The number of amides is 1. The molecule has 1 aliphatic rings. The molecule has 1 aromatic heterocycles. The number of carbonyl (C=O) groups is 1. The van der Waals surface area contributed by atoms with Crippen LogP contribution in [0.2, 0.25) is 0 Å². The Kier molecular flexibility index (Phi) is 3.83. The Balaban J connectivity index is 1.88. The molecular weight excluding hydrogens is 244 g/mol. The van der Waals surface area contributed by atoms with Crippen molar-refractivity contribution in [2.24, 2.45) is 11.7 Å². The van der Waals surface area contributed by atoms with Crippen LogP contribution in [0.25, 0.3) is 0 Å². The van der Waals surface area contributed by atoms with Crippen LogP contribution in [-0.2, 0) is 10.7 Å². The van der Waals surface area contributed by atoms with Gasteiger partial charge in [-0.3, -0.25) is 4.79 Å². The Morgan fingerprint density at radius 1 is 1.47 bits per heavy atom. The van der Waals surface area contributed by atoms with Crippen molar-refractivity contribution in [2.75, 3.05) is 18.0 Å². The normalized spacial score (nSPS) is 17.4. The average molecular weight is 259 g/mol. The molecule has 2 rings (SSSR count). The van der Waals surface area contributed by atoms with Crippen LogP contribution >= 0.6 is 11.6 Å². The predicted octanol–water partition coefficient (Wildman–Crippen LogP) is 0.900. The van der Waals surface area contributed by atoms with E-state index in [9.17, 15) is 4.79 Å². The Bertz CT molecular complexity index is 387. The first-order chi connectivity index (χ1) is 8.19. The number of nitrogens with two attached hydrogens (primary N) is 1. The fourth-order valence-electron chi connectivity index (χ4n) is 2.04. The van der Waals surface area contributed by atoms with Crippen LogP contribution in [0.1, 0.15) is 25.2 Å². The topological polar surface area (TPSA) is 85.3 Å². The lowest BCUT2D eigenvalue weighted by molar-refractivity contribution is -0.119. The lowest BCUT2D eigenvalue weighted by Crippen LogP contribution is -2.35. The molecule has 0 spiro atoms. The summed E-state index contributed by atoms with van der Waals surface area (Å²) in [5, 5.41) is 7.74. The average Bonchev–Trinajstić information content (AvgIpc) is 2.78. The van der Waals surface area contributed by atoms with Crippen LogP contribution < -0.4 is 10.6 Å². The zero-order chi connectivity index (χ0) is 12.3. The van der Waals surface area contributed by atoms with Crippen molar-refractivity contribution in [2.45, 2.75) is 25.1 Å². The maximum Gasteiger partial charge on any atom is 0.318 e. The Morgan fingerprint density at radius 3 is 2.71 bits per heavy atom. The number of piperidine rings is 1. The van der Waals surface area contributed by atoms with Crippen molar-refractivity contribution < 1.29 is 9.21 Å². The third-order valence-electron chi connectivity index (χ3n) is 2.95. The summed E-state index contributed by atoms with van der Waals surface area (Å²) in [5.74, 6) is 0.802. The standard InChI is InChI=1S/C10H15ClN4O2/c11-6-9-13-14-10(17-9)15-3-1-7(2-4-15)5-8(12)16/h7H,1-6H2,(H2,12,16). The Labute approximate surface area is 104 Å². The molecular formula is C10H15ClN4O2. The van der Waals surface area contributed by atoms with Gasteiger partial charge in [0.25, 0.3) is 0 Å². The zero-order valence-electron chi connectivity index (χ0n) is 9.43. The summed E-state index contributed by atoms with van der Waals surface area (Å²) >= 11 is 5.59. The number of rotatable bonds is 4. The summed E-state index contributed by atoms with van der Waals surface area (Å²) in [6.07, 6.45) is 2.30. The molecule has 0 aliphatic carbocycles. The molecule has 0 bridgehead atoms. The van der Waals surface area contributed by atoms with E-state index in [1.807, 2.05) is 4.90 Å². The summed E-state index contributed by atoms with van der Waals surface area (Å²) < 4.78 is 5.37. The largest absolute Gasteiger partial charge is 0.407 e. The molecule has 0 aromatic carbocycles. The van der Waals surface area contributed by atoms with Crippen molar-refractivity contribution in [1.82, 2.24) is 10.2 Å². The summed E-state index contributed by atoms with van der Waals surface area (Å²) in [6, 6.07) is 0.512. The van der Waals surface area contributed by atoms with E-state index in [-0.39, 0.29) is 11.8 Å².